The fraction of sp³-hybridized carbons (Fsp3) is 0.176. The van der Waals surface area contributed by atoms with Gasteiger partial charge in [-0.1, -0.05) is 24.3 Å². The minimum atomic E-state index is -2.27. The Morgan fingerprint density at radius 1 is 1.12 bits per heavy atom. The van der Waals surface area contributed by atoms with Crippen LogP contribution in [0.15, 0.2) is 42.5 Å². The molecule has 1 fully saturated rings. The molecule has 0 saturated carbocycles. The number of hydrogen-bond acceptors (Lipinski definition) is 3. The van der Waals surface area contributed by atoms with Gasteiger partial charge in [0.25, 0.3) is 5.91 Å². The topological polar surface area (TPSA) is 83.6 Å². The molecule has 130 valence electrons. The smallest absolute Gasteiger partial charge is 0.266 e. The maximum Gasteiger partial charge on any atom is 0.266 e. The van der Waals surface area contributed by atoms with E-state index in [-0.39, 0.29) is 16.2 Å². The van der Waals surface area contributed by atoms with Gasteiger partial charge < -0.3 is 5.73 Å². The number of carbonyl (C=O) groups excluding carboxylic acids is 2. The summed E-state index contributed by atoms with van der Waals surface area (Å²) in [6.07, 6.45) is 0. The molecule has 1 saturated heterocycles. The number of nitrogens with zero attached hydrogens (tertiary/aromatic N) is 1. The zero-order valence-electron chi connectivity index (χ0n) is 12.7. The van der Waals surface area contributed by atoms with E-state index in [1.165, 1.54) is 18.2 Å². The summed E-state index contributed by atoms with van der Waals surface area (Å²) in [5.41, 5.74) is 2.88. The second kappa shape index (κ2) is 5.89. The van der Waals surface area contributed by atoms with Gasteiger partial charge in [-0.15, -0.1) is 0 Å². The van der Waals surface area contributed by atoms with Crippen LogP contribution in [0.4, 0.5) is 13.2 Å². The van der Waals surface area contributed by atoms with Gasteiger partial charge in [0.15, 0.2) is 17.0 Å². The highest BCUT2D eigenvalue weighted by Gasteiger charge is 2.61. The Morgan fingerprint density at radius 3 is 2.40 bits per heavy atom. The first-order chi connectivity index (χ1) is 11.8. The Kier molecular flexibility index (Phi) is 4.00. The summed E-state index contributed by atoms with van der Waals surface area (Å²) < 4.78 is 41.2. The van der Waals surface area contributed by atoms with Gasteiger partial charge in [-0.2, -0.15) is 0 Å². The normalized spacial score (nSPS) is 23.1. The third-order valence-electron chi connectivity index (χ3n) is 4.48. The third kappa shape index (κ3) is 2.37. The lowest BCUT2D eigenvalue weighted by molar-refractivity contribution is -0.162. The molecule has 0 aromatic heterocycles. The molecule has 1 aliphatic rings. The van der Waals surface area contributed by atoms with Crippen LogP contribution in [0.2, 0.25) is 0 Å². The molecule has 2 aromatic carbocycles. The van der Waals surface area contributed by atoms with Gasteiger partial charge in [0.2, 0.25) is 5.91 Å². The lowest BCUT2D eigenvalue weighted by Gasteiger charge is -2.30. The minimum Gasteiger partial charge on any atom is -0.368 e. The molecule has 2 aromatic rings. The van der Waals surface area contributed by atoms with Gasteiger partial charge in [0.1, 0.15) is 5.82 Å². The first kappa shape index (κ1) is 17.0. The van der Waals surface area contributed by atoms with Crippen LogP contribution in [0.1, 0.15) is 17.0 Å². The van der Waals surface area contributed by atoms with Gasteiger partial charge in [0.05, 0.1) is 6.54 Å². The Balaban J connectivity index is 2.29. The molecule has 0 aliphatic carbocycles. The highest BCUT2D eigenvalue weighted by atomic mass is 19.2. The van der Waals surface area contributed by atoms with Crippen molar-refractivity contribution in [1.82, 2.24) is 5.06 Å². The number of carbonyl (C=O) groups is 2. The van der Waals surface area contributed by atoms with Crippen LogP contribution in [0, 0.1) is 17.5 Å². The molecule has 2 atom stereocenters. The van der Waals surface area contributed by atoms with Crippen molar-refractivity contribution >= 4 is 11.8 Å². The molecule has 0 spiro atoms. The van der Waals surface area contributed by atoms with Crippen molar-refractivity contribution in [2.75, 3.05) is 6.54 Å². The molecule has 2 unspecified atom stereocenters. The van der Waals surface area contributed by atoms with Crippen molar-refractivity contribution in [1.29, 1.82) is 0 Å². The molecule has 2 amide bonds. The molecular weight excluding hydrogens is 337 g/mol. The van der Waals surface area contributed by atoms with E-state index in [2.05, 4.69) is 0 Å². The van der Waals surface area contributed by atoms with Crippen molar-refractivity contribution in [3.8, 4) is 0 Å². The molecule has 1 aliphatic heterocycles. The van der Waals surface area contributed by atoms with E-state index in [0.29, 0.717) is 0 Å². The Labute approximate surface area is 140 Å². The van der Waals surface area contributed by atoms with Crippen LogP contribution < -0.4 is 5.73 Å². The van der Waals surface area contributed by atoms with Crippen molar-refractivity contribution in [3.63, 3.8) is 0 Å². The predicted molar refractivity (Wildman–Crippen MR) is 79.9 cm³/mol. The Bertz CT molecular complexity index is 874. The molecule has 0 bridgehead atoms. The maximum atomic E-state index is 14.4. The minimum absolute atomic E-state index is 0.0332. The zero-order valence-corrected chi connectivity index (χ0v) is 12.7. The monoisotopic (exact) mass is 350 g/mol. The molecule has 8 heteroatoms. The summed E-state index contributed by atoms with van der Waals surface area (Å²) in [5.74, 6) is -6.72. The van der Waals surface area contributed by atoms with E-state index < -0.39 is 47.1 Å². The van der Waals surface area contributed by atoms with E-state index >= 15 is 0 Å². The van der Waals surface area contributed by atoms with E-state index in [9.17, 15) is 28.0 Å². The number of rotatable bonds is 3. The third-order valence-corrected chi connectivity index (χ3v) is 4.48. The molecule has 1 heterocycles. The summed E-state index contributed by atoms with van der Waals surface area (Å²) in [6, 6.07) is 7.77. The SMILES string of the molecule is NC(=O)C1(c2ccccc2F)C(=O)N(O)CC1c1ccc(F)c(F)c1. The van der Waals surface area contributed by atoms with Crippen LogP contribution in [-0.2, 0) is 15.0 Å². The Morgan fingerprint density at radius 2 is 1.80 bits per heavy atom. The average Bonchev–Trinajstić information content (AvgIpc) is 2.83. The lowest BCUT2D eigenvalue weighted by Crippen LogP contribution is -2.51. The van der Waals surface area contributed by atoms with Gasteiger partial charge in [0, 0.05) is 11.5 Å². The lowest BCUT2D eigenvalue weighted by atomic mass is 9.68. The second-order valence-electron chi connectivity index (χ2n) is 5.77. The highest BCUT2D eigenvalue weighted by molar-refractivity contribution is 6.12. The first-order valence-electron chi connectivity index (χ1n) is 7.30. The Hall–Kier alpha value is -2.87. The van der Waals surface area contributed by atoms with Crippen LogP contribution in [0.5, 0.6) is 0 Å². The molecule has 3 rings (SSSR count). The molecule has 5 nitrogen and oxygen atoms in total. The summed E-state index contributed by atoms with van der Waals surface area (Å²) in [4.78, 5) is 24.9. The van der Waals surface area contributed by atoms with Crippen LogP contribution >= 0.6 is 0 Å². The van der Waals surface area contributed by atoms with Crippen molar-refractivity contribution < 1.29 is 28.0 Å². The maximum absolute atomic E-state index is 14.4. The number of primary amides is 1. The zero-order chi connectivity index (χ0) is 18.4. The predicted octanol–water partition coefficient (Wildman–Crippen LogP) is 1.84. The van der Waals surface area contributed by atoms with Crippen molar-refractivity contribution in [2.24, 2.45) is 5.73 Å². The number of halogens is 3. The second-order valence-corrected chi connectivity index (χ2v) is 5.77. The quantitative estimate of drug-likeness (QED) is 0.654. The van der Waals surface area contributed by atoms with Crippen LogP contribution in [0.25, 0.3) is 0 Å². The van der Waals surface area contributed by atoms with E-state index in [1.807, 2.05) is 0 Å². The molecule has 25 heavy (non-hydrogen) atoms. The van der Waals surface area contributed by atoms with Gasteiger partial charge >= 0.3 is 0 Å². The molecular formula is C17H13F3N2O3. The van der Waals surface area contributed by atoms with E-state index in [0.717, 1.165) is 24.3 Å². The van der Waals surface area contributed by atoms with Gasteiger partial charge in [-0.05, 0) is 23.8 Å². The number of hydrogen-bond donors (Lipinski definition) is 2. The summed E-state index contributed by atoms with van der Waals surface area (Å²) >= 11 is 0. The largest absolute Gasteiger partial charge is 0.368 e. The fourth-order valence-electron chi connectivity index (χ4n) is 3.32. The van der Waals surface area contributed by atoms with E-state index in [1.54, 1.807) is 0 Å². The number of benzene rings is 2. The molecule has 0 radical (unpaired) electrons. The van der Waals surface area contributed by atoms with Gasteiger partial charge in [-0.3, -0.25) is 14.8 Å². The first-order valence-corrected chi connectivity index (χ1v) is 7.30. The van der Waals surface area contributed by atoms with E-state index in [4.69, 9.17) is 5.73 Å². The summed E-state index contributed by atoms with van der Waals surface area (Å²) in [6.45, 7) is -0.429. The fourth-order valence-corrected chi connectivity index (χ4v) is 3.32. The van der Waals surface area contributed by atoms with Gasteiger partial charge in [-0.25, -0.2) is 18.2 Å². The summed E-state index contributed by atoms with van der Waals surface area (Å²) in [5, 5.41) is 10.1. The standard InChI is InChI=1S/C17H13F3N2O3/c18-12-4-2-1-3-10(12)17(15(21)23)11(8-22(25)16(17)24)9-5-6-13(19)14(20)7-9/h1-7,11,25H,8H2,(H2,21,23). The number of amides is 2. The van der Waals surface area contributed by atoms with Crippen molar-refractivity contribution in [2.45, 2.75) is 11.3 Å². The number of nitrogens with two attached hydrogens (primary N) is 1. The summed E-state index contributed by atoms with van der Waals surface area (Å²) in [7, 11) is 0. The van der Waals surface area contributed by atoms with Crippen LogP contribution in [-0.4, -0.2) is 28.6 Å². The molecule has 3 N–H and O–H groups in total. The van der Waals surface area contributed by atoms with Crippen molar-refractivity contribution in [3.05, 3.63) is 71.0 Å². The number of hydroxylamine groups is 2. The average molecular weight is 350 g/mol. The van der Waals surface area contributed by atoms with Crippen LogP contribution in [0.3, 0.4) is 0 Å². The highest BCUT2D eigenvalue weighted by Crippen LogP contribution is 2.46.